The fourth-order valence-corrected chi connectivity index (χ4v) is 8.00. The summed E-state index contributed by atoms with van der Waals surface area (Å²) in [6.07, 6.45) is 89.9. The molecule has 76 heavy (non-hydrogen) atoms. The number of hydrogen-bond donors (Lipinski definition) is 0. The molecule has 0 spiro atoms. The van der Waals surface area contributed by atoms with Crippen LogP contribution in [-0.2, 0) is 28.6 Å². The Balaban J connectivity index is 4.41. The van der Waals surface area contributed by atoms with Crippen LogP contribution in [0.1, 0.15) is 258 Å². The Morgan fingerprint density at radius 2 is 0.513 bits per heavy atom. The highest BCUT2D eigenvalue weighted by Gasteiger charge is 2.19. The van der Waals surface area contributed by atoms with Crippen molar-refractivity contribution in [2.24, 2.45) is 0 Å². The van der Waals surface area contributed by atoms with Crippen LogP contribution >= 0.6 is 0 Å². The van der Waals surface area contributed by atoms with E-state index in [1.807, 2.05) is 0 Å². The van der Waals surface area contributed by atoms with Crippen molar-refractivity contribution < 1.29 is 28.6 Å². The quantitative estimate of drug-likeness (QED) is 0.0261. The first-order valence-corrected chi connectivity index (χ1v) is 30.8. The largest absolute Gasteiger partial charge is 0.462 e. The molecular weight excluding hydrogens is 937 g/mol. The van der Waals surface area contributed by atoms with Crippen LogP contribution in [-0.4, -0.2) is 37.2 Å². The van der Waals surface area contributed by atoms with Crippen molar-refractivity contribution in [1.82, 2.24) is 0 Å². The van der Waals surface area contributed by atoms with E-state index in [9.17, 15) is 14.4 Å². The highest BCUT2D eigenvalue weighted by molar-refractivity contribution is 5.71. The highest BCUT2D eigenvalue weighted by atomic mass is 16.6. The second-order valence-electron chi connectivity index (χ2n) is 19.8. The summed E-state index contributed by atoms with van der Waals surface area (Å²) in [4.78, 5) is 38.2. The molecule has 0 rings (SSSR count). The van der Waals surface area contributed by atoms with Gasteiger partial charge in [0.05, 0.1) is 0 Å². The van der Waals surface area contributed by atoms with Crippen molar-refractivity contribution >= 4 is 17.9 Å². The Kier molecular flexibility index (Phi) is 58.9. The van der Waals surface area contributed by atoms with Gasteiger partial charge in [0.25, 0.3) is 0 Å². The zero-order valence-electron chi connectivity index (χ0n) is 49.0. The molecule has 0 aliphatic carbocycles. The van der Waals surface area contributed by atoms with Gasteiger partial charge in [-0.3, -0.25) is 14.4 Å². The molecule has 0 N–H and O–H groups in total. The van der Waals surface area contributed by atoms with Crippen LogP contribution in [0.25, 0.3) is 0 Å². The Morgan fingerprint density at radius 3 is 0.816 bits per heavy atom. The summed E-state index contributed by atoms with van der Waals surface area (Å²) in [5, 5.41) is 0. The van der Waals surface area contributed by atoms with E-state index < -0.39 is 6.10 Å². The van der Waals surface area contributed by atoms with Gasteiger partial charge in [-0.15, -0.1) is 0 Å². The molecule has 6 heteroatoms. The molecule has 0 saturated heterocycles. The molecule has 0 radical (unpaired) electrons. The Bertz CT molecular complexity index is 1680. The lowest BCUT2D eigenvalue weighted by atomic mass is 10.1. The van der Waals surface area contributed by atoms with Gasteiger partial charge >= 0.3 is 17.9 Å². The zero-order chi connectivity index (χ0) is 55.0. The minimum absolute atomic E-state index is 0.102. The third-order valence-electron chi connectivity index (χ3n) is 12.6. The van der Waals surface area contributed by atoms with Gasteiger partial charge < -0.3 is 14.2 Å². The van der Waals surface area contributed by atoms with Gasteiger partial charge in [0.1, 0.15) is 13.2 Å². The summed E-state index contributed by atoms with van der Waals surface area (Å²) in [6.45, 7) is 6.36. The number of hydrogen-bond acceptors (Lipinski definition) is 6. The summed E-state index contributed by atoms with van der Waals surface area (Å²) >= 11 is 0. The highest BCUT2D eigenvalue weighted by Crippen LogP contribution is 2.14. The topological polar surface area (TPSA) is 78.9 Å². The van der Waals surface area contributed by atoms with Crippen molar-refractivity contribution in [3.8, 4) is 0 Å². The maximum atomic E-state index is 12.9. The molecule has 0 heterocycles. The number of carbonyl (C=O) groups is 3. The molecule has 1 unspecified atom stereocenters. The predicted octanol–water partition coefficient (Wildman–Crippen LogP) is 21.2. The summed E-state index contributed by atoms with van der Waals surface area (Å²) in [5.41, 5.74) is 0. The third-order valence-corrected chi connectivity index (χ3v) is 12.6. The standard InChI is InChI=1S/C70H112O6/c1-4-7-10-13-16-19-22-25-28-29-30-31-32-33-34-35-36-37-38-39-40-41-43-45-48-51-54-57-60-63-69(72)75-66-67(65-74-68(71)62-59-56-53-50-47-44-27-24-21-18-15-12-9-6-3)76-70(73)64-61-58-55-52-49-46-42-26-23-20-17-14-11-8-5-2/h7-8,10-11,16-17,19-20,24-28,30-31,33-34,36-37,39-40,42-43,45,67H,4-6,9,12-15,18,21-23,29,32,35,38,41,44,46-66H2,1-3H3/b10-7-,11-8-,19-16-,20-17-,27-24-,28-25-,31-30-,34-33-,37-36-,40-39-,42-26-,45-43-. The SMILES string of the molecule is CC/C=C\C/C=C\C/C=C\C/C=C\C/C=C\C/C=C\C/C=C\C/C=C\CCCCCCC(=O)OCC(COC(=O)CCCCCCC/C=C\CCCCCCC)OC(=O)CCCCCCC/C=C\C/C=C\C/C=C\CC. The second-order valence-corrected chi connectivity index (χ2v) is 19.8. The number of rotatable bonds is 54. The smallest absolute Gasteiger partial charge is 0.306 e. The van der Waals surface area contributed by atoms with E-state index in [0.717, 1.165) is 173 Å². The van der Waals surface area contributed by atoms with Crippen molar-refractivity contribution in [2.75, 3.05) is 13.2 Å². The van der Waals surface area contributed by atoms with Gasteiger partial charge in [0.2, 0.25) is 0 Å². The summed E-state index contributed by atoms with van der Waals surface area (Å²) in [6, 6.07) is 0. The fourth-order valence-electron chi connectivity index (χ4n) is 8.00. The third kappa shape index (κ3) is 60.2. The van der Waals surface area contributed by atoms with Crippen molar-refractivity contribution in [1.29, 1.82) is 0 Å². The molecule has 6 nitrogen and oxygen atoms in total. The van der Waals surface area contributed by atoms with Gasteiger partial charge in [-0.1, -0.05) is 244 Å². The molecule has 0 aliphatic rings. The minimum atomic E-state index is -0.808. The minimum Gasteiger partial charge on any atom is -0.462 e. The molecule has 0 amide bonds. The monoisotopic (exact) mass is 1050 g/mol. The zero-order valence-corrected chi connectivity index (χ0v) is 49.0. The van der Waals surface area contributed by atoms with Gasteiger partial charge in [0.15, 0.2) is 6.10 Å². The Morgan fingerprint density at radius 1 is 0.276 bits per heavy atom. The molecule has 0 fully saturated rings. The lowest BCUT2D eigenvalue weighted by Crippen LogP contribution is -2.30. The molecule has 428 valence electrons. The Labute approximate surface area is 467 Å². The molecule has 0 aromatic heterocycles. The maximum Gasteiger partial charge on any atom is 0.306 e. The van der Waals surface area contributed by atoms with Crippen molar-refractivity contribution in [2.45, 2.75) is 264 Å². The average molecular weight is 1050 g/mol. The van der Waals surface area contributed by atoms with E-state index in [1.54, 1.807) is 0 Å². The first-order valence-electron chi connectivity index (χ1n) is 30.8. The molecule has 0 bridgehead atoms. The number of allylic oxidation sites excluding steroid dienone is 24. The second kappa shape index (κ2) is 62.8. The van der Waals surface area contributed by atoms with Crippen LogP contribution in [0.5, 0.6) is 0 Å². The van der Waals surface area contributed by atoms with E-state index >= 15 is 0 Å². The number of ether oxygens (including phenoxy) is 3. The van der Waals surface area contributed by atoms with Gasteiger partial charge in [-0.2, -0.15) is 0 Å². The van der Waals surface area contributed by atoms with E-state index in [1.165, 1.54) is 44.9 Å². The van der Waals surface area contributed by atoms with E-state index in [4.69, 9.17) is 14.2 Å². The van der Waals surface area contributed by atoms with Crippen molar-refractivity contribution in [3.63, 3.8) is 0 Å². The van der Waals surface area contributed by atoms with Crippen molar-refractivity contribution in [3.05, 3.63) is 146 Å². The van der Waals surface area contributed by atoms with Crippen LogP contribution in [0.3, 0.4) is 0 Å². The number of carbonyl (C=O) groups excluding carboxylic acids is 3. The first kappa shape index (κ1) is 71.3. The predicted molar refractivity (Wildman–Crippen MR) is 329 cm³/mol. The lowest BCUT2D eigenvalue weighted by molar-refractivity contribution is -0.167. The first-order chi connectivity index (χ1) is 37.5. The van der Waals surface area contributed by atoms with E-state index in [0.29, 0.717) is 19.3 Å². The Hall–Kier alpha value is -4.71. The van der Waals surface area contributed by atoms with Crippen LogP contribution in [0, 0.1) is 0 Å². The molecule has 0 aromatic carbocycles. The lowest BCUT2D eigenvalue weighted by Gasteiger charge is -2.18. The summed E-state index contributed by atoms with van der Waals surface area (Å²) in [5.74, 6) is -0.957. The normalized spacial score (nSPS) is 13.1. The van der Waals surface area contributed by atoms with Gasteiger partial charge in [-0.05, 0) is 141 Å². The van der Waals surface area contributed by atoms with E-state index in [-0.39, 0.29) is 31.1 Å². The molecule has 0 aromatic rings. The molecular formula is C70H112O6. The van der Waals surface area contributed by atoms with Crippen LogP contribution in [0.2, 0.25) is 0 Å². The average Bonchev–Trinajstić information content (AvgIpc) is 3.42. The molecule has 1 atom stereocenters. The van der Waals surface area contributed by atoms with Crippen LogP contribution < -0.4 is 0 Å². The molecule has 0 aliphatic heterocycles. The molecule has 0 saturated carbocycles. The number of unbranched alkanes of at least 4 members (excludes halogenated alkanes) is 19. The van der Waals surface area contributed by atoms with Crippen LogP contribution in [0.4, 0.5) is 0 Å². The van der Waals surface area contributed by atoms with Gasteiger partial charge in [-0.25, -0.2) is 0 Å². The maximum absolute atomic E-state index is 12.9. The van der Waals surface area contributed by atoms with Crippen LogP contribution in [0.15, 0.2) is 146 Å². The van der Waals surface area contributed by atoms with Gasteiger partial charge in [0, 0.05) is 19.3 Å². The fraction of sp³-hybridized carbons (Fsp3) is 0.614. The number of esters is 3. The van der Waals surface area contributed by atoms with E-state index in [2.05, 4.69) is 167 Å². The summed E-state index contributed by atoms with van der Waals surface area (Å²) in [7, 11) is 0. The summed E-state index contributed by atoms with van der Waals surface area (Å²) < 4.78 is 16.8.